The van der Waals surface area contributed by atoms with Crippen molar-refractivity contribution in [1.82, 2.24) is 4.90 Å². The number of nitrogens with zero attached hydrogens (tertiary/aromatic N) is 2. The summed E-state index contributed by atoms with van der Waals surface area (Å²) in [6.45, 7) is 8.86. The zero-order chi connectivity index (χ0) is 20.8. The van der Waals surface area contributed by atoms with Gasteiger partial charge in [-0.3, -0.25) is 9.59 Å². The number of rotatable bonds is 6. The van der Waals surface area contributed by atoms with Crippen molar-refractivity contribution in [2.75, 3.05) is 37.7 Å². The van der Waals surface area contributed by atoms with E-state index in [2.05, 4.69) is 36.9 Å². The van der Waals surface area contributed by atoms with Crippen LogP contribution in [-0.2, 0) is 14.3 Å². The molecule has 0 saturated carbocycles. The zero-order valence-electron chi connectivity index (χ0n) is 17.6. The van der Waals surface area contributed by atoms with Crippen LogP contribution in [0.15, 0.2) is 48.5 Å². The number of ether oxygens (including phenoxy) is 1. The number of esters is 1. The number of aryl methyl sites for hydroxylation is 1. The van der Waals surface area contributed by atoms with Gasteiger partial charge >= 0.3 is 5.97 Å². The molecule has 2 aromatic rings. The molecule has 0 aliphatic carbocycles. The second-order valence-electron chi connectivity index (χ2n) is 7.57. The molecule has 154 valence electrons. The SMILES string of the molecule is CC[C@H](C(=O)OCC(=O)N1CCN(c2cccc(C)c2C)CC1)c1ccccc1. The van der Waals surface area contributed by atoms with E-state index in [1.54, 1.807) is 4.90 Å². The van der Waals surface area contributed by atoms with Crippen molar-refractivity contribution in [3.8, 4) is 0 Å². The van der Waals surface area contributed by atoms with Crippen LogP contribution in [0, 0.1) is 13.8 Å². The highest BCUT2D eigenvalue weighted by Crippen LogP contribution is 2.24. The van der Waals surface area contributed by atoms with Gasteiger partial charge < -0.3 is 14.5 Å². The third kappa shape index (κ3) is 4.97. The molecular weight excluding hydrogens is 364 g/mol. The Labute approximate surface area is 173 Å². The second kappa shape index (κ2) is 9.59. The summed E-state index contributed by atoms with van der Waals surface area (Å²) < 4.78 is 5.37. The van der Waals surface area contributed by atoms with E-state index in [-0.39, 0.29) is 24.4 Å². The summed E-state index contributed by atoms with van der Waals surface area (Å²) in [5, 5.41) is 0. The predicted octanol–water partition coefficient (Wildman–Crippen LogP) is 3.69. The third-order valence-electron chi connectivity index (χ3n) is 5.78. The van der Waals surface area contributed by atoms with Crippen molar-refractivity contribution in [1.29, 1.82) is 0 Å². The maximum Gasteiger partial charge on any atom is 0.313 e. The first-order valence-electron chi connectivity index (χ1n) is 10.3. The normalized spacial score (nSPS) is 15.1. The molecule has 29 heavy (non-hydrogen) atoms. The van der Waals surface area contributed by atoms with E-state index in [1.165, 1.54) is 16.8 Å². The van der Waals surface area contributed by atoms with Gasteiger partial charge in [-0.1, -0.05) is 49.4 Å². The molecule has 1 amide bonds. The molecule has 0 aromatic heterocycles. The monoisotopic (exact) mass is 394 g/mol. The van der Waals surface area contributed by atoms with Gasteiger partial charge in [0.05, 0.1) is 5.92 Å². The van der Waals surface area contributed by atoms with Crippen molar-refractivity contribution in [2.45, 2.75) is 33.1 Å². The minimum atomic E-state index is -0.332. The van der Waals surface area contributed by atoms with Crippen LogP contribution in [0.4, 0.5) is 5.69 Å². The highest BCUT2D eigenvalue weighted by Gasteiger charge is 2.25. The molecule has 1 atom stereocenters. The summed E-state index contributed by atoms with van der Waals surface area (Å²) in [6.07, 6.45) is 0.644. The summed E-state index contributed by atoms with van der Waals surface area (Å²) in [6, 6.07) is 15.9. The van der Waals surface area contributed by atoms with Crippen LogP contribution >= 0.6 is 0 Å². The van der Waals surface area contributed by atoms with Crippen molar-refractivity contribution in [3.63, 3.8) is 0 Å². The van der Waals surface area contributed by atoms with E-state index in [9.17, 15) is 9.59 Å². The molecule has 3 rings (SSSR count). The maximum absolute atomic E-state index is 12.5. The van der Waals surface area contributed by atoms with E-state index < -0.39 is 0 Å². The Bertz CT molecular complexity index is 842. The van der Waals surface area contributed by atoms with Gasteiger partial charge in [0, 0.05) is 31.9 Å². The molecule has 1 fully saturated rings. The van der Waals surface area contributed by atoms with Gasteiger partial charge in [0.2, 0.25) is 0 Å². The van der Waals surface area contributed by atoms with Crippen LogP contribution in [0.2, 0.25) is 0 Å². The summed E-state index contributed by atoms with van der Waals surface area (Å²) in [5.74, 6) is -0.784. The van der Waals surface area contributed by atoms with E-state index in [4.69, 9.17) is 4.74 Å². The predicted molar refractivity (Wildman–Crippen MR) is 115 cm³/mol. The van der Waals surface area contributed by atoms with Gasteiger partial charge in [0.1, 0.15) is 0 Å². The van der Waals surface area contributed by atoms with Crippen molar-refractivity contribution < 1.29 is 14.3 Å². The Kier molecular flexibility index (Phi) is 6.91. The molecule has 1 saturated heterocycles. The second-order valence-corrected chi connectivity index (χ2v) is 7.57. The third-order valence-corrected chi connectivity index (χ3v) is 5.78. The van der Waals surface area contributed by atoms with E-state index >= 15 is 0 Å². The summed E-state index contributed by atoms with van der Waals surface area (Å²) >= 11 is 0. The quantitative estimate of drug-likeness (QED) is 0.701. The van der Waals surface area contributed by atoms with E-state index in [1.807, 2.05) is 37.3 Å². The largest absolute Gasteiger partial charge is 0.455 e. The molecule has 1 heterocycles. The standard InChI is InChI=1S/C24H30N2O3/c1-4-21(20-10-6-5-7-11-20)24(28)29-17-23(27)26-15-13-25(14-16-26)22-12-8-9-18(2)19(22)3/h5-12,21H,4,13-17H2,1-3H3/t21-/m0/s1. The molecule has 5 heteroatoms. The van der Waals surface area contributed by atoms with Gasteiger partial charge in [0.25, 0.3) is 5.91 Å². The van der Waals surface area contributed by atoms with E-state index in [0.717, 1.165) is 18.7 Å². The number of hydrogen-bond acceptors (Lipinski definition) is 4. The van der Waals surface area contributed by atoms with Gasteiger partial charge in [-0.25, -0.2) is 0 Å². The lowest BCUT2D eigenvalue weighted by molar-refractivity contribution is -0.153. The van der Waals surface area contributed by atoms with Crippen LogP contribution in [-0.4, -0.2) is 49.6 Å². The van der Waals surface area contributed by atoms with E-state index in [0.29, 0.717) is 19.5 Å². The number of carbonyl (C=O) groups excluding carboxylic acids is 2. The Morgan fingerprint density at radius 1 is 0.966 bits per heavy atom. The summed E-state index contributed by atoms with van der Waals surface area (Å²) in [4.78, 5) is 29.1. The Balaban J connectivity index is 1.51. The first-order valence-corrected chi connectivity index (χ1v) is 10.3. The number of carbonyl (C=O) groups is 2. The van der Waals surface area contributed by atoms with Crippen LogP contribution < -0.4 is 4.90 Å². The van der Waals surface area contributed by atoms with Gasteiger partial charge in [-0.15, -0.1) is 0 Å². The lowest BCUT2D eigenvalue weighted by Gasteiger charge is -2.37. The fraction of sp³-hybridized carbons (Fsp3) is 0.417. The number of hydrogen-bond donors (Lipinski definition) is 0. The molecule has 1 aliphatic heterocycles. The number of amides is 1. The first kappa shape index (κ1) is 20.9. The fourth-order valence-electron chi connectivity index (χ4n) is 3.82. The maximum atomic E-state index is 12.5. The zero-order valence-corrected chi connectivity index (χ0v) is 17.6. The molecule has 5 nitrogen and oxygen atoms in total. The fourth-order valence-corrected chi connectivity index (χ4v) is 3.82. The molecule has 0 N–H and O–H groups in total. The number of anilines is 1. The average Bonchev–Trinajstić information content (AvgIpc) is 2.75. The topological polar surface area (TPSA) is 49.9 Å². The molecule has 0 unspecified atom stereocenters. The number of piperazine rings is 1. The van der Waals surface area contributed by atoms with Gasteiger partial charge in [-0.2, -0.15) is 0 Å². The average molecular weight is 395 g/mol. The van der Waals surface area contributed by atoms with Crippen LogP contribution in [0.5, 0.6) is 0 Å². The lowest BCUT2D eigenvalue weighted by atomic mass is 9.97. The minimum absolute atomic E-state index is 0.123. The van der Waals surface area contributed by atoms with Crippen LogP contribution in [0.1, 0.15) is 36.0 Å². The highest BCUT2D eigenvalue weighted by atomic mass is 16.5. The van der Waals surface area contributed by atoms with Gasteiger partial charge in [0.15, 0.2) is 6.61 Å². The van der Waals surface area contributed by atoms with Crippen LogP contribution in [0.25, 0.3) is 0 Å². The summed E-state index contributed by atoms with van der Waals surface area (Å²) in [7, 11) is 0. The number of benzene rings is 2. The Morgan fingerprint density at radius 2 is 1.66 bits per heavy atom. The molecule has 1 aliphatic rings. The van der Waals surface area contributed by atoms with Crippen LogP contribution in [0.3, 0.4) is 0 Å². The molecular formula is C24H30N2O3. The summed E-state index contributed by atoms with van der Waals surface area (Å²) in [5.41, 5.74) is 4.72. The Morgan fingerprint density at radius 3 is 2.31 bits per heavy atom. The molecule has 2 aromatic carbocycles. The highest BCUT2D eigenvalue weighted by molar-refractivity contribution is 5.83. The molecule has 0 bridgehead atoms. The van der Waals surface area contributed by atoms with Crippen molar-refractivity contribution in [3.05, 3.63) is 65.2 Å². The van der Waals surface area contributed by atoms with Crippen molar-refractivity contribution in [2.24, 2.45) is 0 Å². The Hall–Kier alpha value is -2.82. The first-order chi connectivity index (χ1) is 14.0. The lowest BCUT2D eigenvalue weighted by Crippen LogP contribution is -2.50. The molecule has 0 radical (unpaired) electrons. The van der Waals surface area contributed by atoms with Gasteiger partial charge in [-0.05, 0) is 43.0 Å². The van der Waals surface area contributed by atoms with Crippen molar-refractivity contribution >= 4 is 17.6 Å². The minimum Gasteiger partial charge on any atom is -0.455 e. The smallest absolute Gasteiger partial charge is 0.313 e. The molecule has 0 spiro atoms.